The molecule has 0 saturated heterocycles. The van der Waals surface area contributed by atoms with Crippen molar-refractivity contribution in [1.82, 2.24) is 0 Å². The Balaban J connectivity index is 3.11. The molecule has 1 N–H and O–H groups in total. The van der Waals surface area contributed by atoms with Gasteiger partial charge in [-0.25, -0.2) is 8.78 Å². The molecular weight excluding hydrogens is 190 g/mol. The Morgan fingerprint density at radius 1 is 1.36 bits per heavy atom. The van der Waals surface area contributed by atoms with Gasteiger partial charge in [-0.1, -0.05) is 12.1 Å². The average molecular weight is 202 g/mol. The van der Waals surface area contributed by atoms with E-state index in [9.17, 15) is 13.9 Å². The van der Waals surface area contributed by atoms with Gasteiger partial charge in [0, 0.05) is 11.1 Å². The van der Waals surface area contributed by atoms with Gasteiger partial charge < -0.3 is 9.84 Å². The third-order valence-corrected chi connectivity index (χ3v) is 1.96. The summed E-state index contributed by atoms with van der Waals surface area (Å²) in [6.07, 6.45) is -3.25. The minimum Gasteiger partial charge on any atom is -0.496 e. The Hall–Kier alpha value is -1.16. The number of rotatable bonds is 3. The summed E-state index contributed by atoms with van der Waals surface area (Å²) in [5.74, 6) is 0.290. The molecule has 0 fully saturated rings. The van der Waals surface area contributed by atoms with E-state index in [2.05, 4.69) is 0 Å². The van der Waals surface area contributed by atoms with Crippen LogP contribution in [0.2, 0.25) is 0 Å². The molecule has 2 nitrogen and oxygen atoms in total. The zero-order valence-electron chi connectivity index (χ0n) is 8.00. The number of halogens is 2. The van der Waals surface area contributed by atoms with Crippen LogP contribution in [0.25, 0.3) is 0 Å². The highest BCUT2D eigenvalue weighted by Crippen LogP contribution is 2.29. The largest absolute Gasteiger partial charge is 0.496 e. The quantitative estimate of drug-likeness (QED) is 0.816. The Morgan fingerprint density at radius 2 is 2.00 bits per heavy atom. The van der Waals surface area contributed by atoms with Gasteiger partial charge in [0.1, 0.15) is 5.75 Å². The molecule has 0 amide bonds. The van der Waals surface area contributed by atoms with Crippen LogP contribution in [0.15, 0.2) is 18.2 Å². The molecule has 78 valence electrons. The lowest BCUT2D eigenvalue weighted by Crippen LogP contribution is -1.98. The molecule has 0 saturated carbocycles. The van der Waals surface area contributed by atoms with Crippen molar-refractivity contribution in [3.05, 3.63) is 29.3 Å². The number of aliphatic hydroxyl groups excluding tert-OH is 1. The third-order valence-electron chi connectivity index (χ3n) is 1.96. The second kappa shape index (κ2) is 4.37. The fourth-order valence-electron chi connectivity index (χ4n) is 1.21. The molecule has 0 heterocycles. The molecule has 1 aromatic carbocycles. The van der Waals surface area contributed by atoms with Crippen LogP contribution < -0.4 is 4.74 Å². The predicted octanol–water partition coefficient (Wildman–Crippen LogP) is 2.69. The first-order chi connectivity index (χ1) is 6.56. The minimum atomic E-state index is -2.52. The SMILES string of the molecule is COc1cc(C(F)F)ccc1C(C)O. The fourth-order valence-corrected chi connectivity index (χ4v) is 1.21. The monoisotopic (exact) mass is 202 g/mol. The number of alkyl halides is 2. The molecular formula is C10H12F2O2. The smallest absolute Gasteiger partial charge is 0.263 e. The summed E-state index contributed by atoms with van der Waals surface area (Å²) < 4.78 is 29.5. The molecule has 0 spiro atoms. The van der Waals surface area contributed by atoms with Crippen molar-refractivity contribution in [3.8, 4) is 5.75 Å². The maximum atomic E-state index is 12.3. The van der Waals surface area contributed by atoms with E-state index in [1.165, 1.54) is 25.3 Å². The highest BCUT2D eigenvalue weighted by atomic mass is 19.3. The maximum absolute atomic E-state index is 12.3. The van der Waals surface area contributed by atoms with E-state index in [4.69, 9.17) is 4.74 Å². The van der Waals surface area contributed by atoms with E-state index in [1.807, 2.05) is 0 Å². The summed E-state index contributed by atoms with van der Waals surface area (Å²) in [7, 11) is 1.39. The molecule has 1 aromatic rings. The van der Waals surface area contributed by atoms with Crippen LogP contribution in [0.5, 0.6) is 5.75 Å². The lowest BCUT2D eigenvalue weighted by atomic mass is 10.1. The van der Waals surface area contributed by atoms with Crippen molar-refractivity contribution in [3.63, 3.8) is 0 Å². The van der Waals surface area contributed by atoms with Crippen molar-refractivity contribution >= 4 is 0 Å². The summed E-state index contributed by atoms with van der Waals surface area (Å²) >= 11 is 0. The molecule has 0 aliphatic heterocycles. The van der Waals surface area contributed by atoms with Gasteiger partial charge in [0.05, 0.1) is 13.2 Å². The van der Waals surface area contributed by atoms with E-state index in [0.717, 1.165) is 0 Å². The van der Waals surface area contributed by atoms with Gasteiger partial charge in [-0.2, -0.15) is 0 Å². The maximum Gasteiger partial charge on any atom is 0.263 e. The van der Waals surface area contributed by atoms with Crippen molar-refractivity contribution in [1.29, 1.82) is 0 Å². The normalized spacial score (nSPS) is 13.0. The van der Waals surface area contributed by atoms with Crippen LogP contribution >= 0.6 is 0 Å². The van der Waals surface area contributed by atoms with E-state index in [-0.39, 0.29) is 11.3 Å². The zero-order valence-corrected chi connectivity index (χ0v) is 8.00. The Morgan fingerprint density at radius 3 is 2.43 bits per heavy atom. The van der Waals surface area contributed by atoms with Crippen molar-refractivity contribution in [2.45, 2.75) is 19.5 Å². The van der Waals surface area contributed by atoms with Crippen molar-refractivity contribution in [2.24, 2.45) is 0 Å². The van der Waals surface area contributed by atoms with Gasteiger partial charge in [0.15, 0.2) is 0 Å². The van der Waals surface area contributed by atoms with Gasteiger partial charge in [-0.15, -0.1) is 0 Å². The van der Waals surface area contributed by atoms with Gasteiger partial charge >= 0.3 is 0 Å². The molecule has 14 heavy (non-hydrogen) atoms. The summed E-state index contributed by atoms with van der Waals surface area (Å²) in [5.41, 5.74) is 0.406. The topological polar surface area (TPSA) is 29.5 Å². The molecule has 0 bridgehead atoms. The number of aliphatic hydroxyl groups is 1. The molecule has 1 unspecified atom stereocenters. The first-order valence-corrected chi connectivity index (χ1v) is 4.20. The van der Waals surface area contributed by atoms with Crippen LogP contribution in [-0.2, 0) is 0 Å². The van der Waals surface area contributed by atoms with E-state index in [1.54, 1.807) is 6.92 Å². The van der Waals surface area contributed by atoms with Gasteiger partial charge in [0.25, 0.3) is 6.43 Å². The lowest BCUT2D eigenvalue weighted by Gasteiger charge is -2.12. The van der Waals surface area contributed by atoms with Gasteiger partial charge in [-0.05, 0) is 13.0 Å². The van der Waals surface area contributed by atoms with Crippen LogP contribution in [0, 0.1) is 0 Å². The Labute approximate surface area is 81.1 Å². The van der Waals surface area contributed by atoms with Crippen molar-refractivity contribution < 1.29 is 18.6 Å². The highest BCUT2D eigenvalue weighted by molar-refractivity contribution is 5.39. The molecule has 4 heteroatoms. The second-order valence-electron chi connectivity index (χ2n) is 2.98. The second-order valence-corrected chi connectivity index (χ2v) is 2.98. The zero-order chi connectivity index (χ0) is 10.7. The average Bonchev–Trinajstić information content (AvgIpc) is 2.16. The molecule has 1 rings (SSSR count). The Bertz CT molecular complexity index is 311. The summed E-state index contributed by atoms with van der Waals surface area (Å²) in [5, 5.41) is 9.30. The van der Waals surface area contributed by atoms with Crippen molar-refractivity contribution in [2.75, 3.05) is 7.11 Å². The molecule has 0 aliphatic carbocycles. The first-order valence-electron chi connectivity index (χ1n) is 4.20. The molecule has 0 radical (unpaired) electrons. The van der Waals surface area contributed by atoms with Gasteiger partial charge in [0.2, 0.25) is 0 Å². The molecule has 0 aromatic heterocycles. The van der Waals surface area contributed by atoms with Crippen LogP contribution in [0.3, 0.4) is 0 Å². The summed E-state index contributed by atoms with van der Waals surface area (Å²) in [4.78, 5) is 0. The summed E-state index contributed by atoms with van der Waals surface area (Å²) in [6.45, 7) is 1.56. The highest BCUT2D eigenvalue weighted by Gasteiger charge is 2.13. The number of benzene rings is 1. The first kappa shape index (κ1) is 10.9. The lowest BCUT2D eigenvalue weighted by molar-refractivity contribution is 0.150. The summed E-state index contributed by atoms with van der Waals surface area (Å²) in [6, 6.07) is 3.98. The number of hydrogen-bond donors (Lipinski definition) is 1. The Kier molecular flexibility index (Phi) is 3.41. The van der Waals surface area contributed by atoms with E-state index in [0.29, 0.717) is 5.56 Å². The number of hydrogen-bond acceptors (Lipinski definition) is 2. The molecule has 1 atom stereocenters. The third kappa shape index (κ3) is 2.20. The molecule has 0 aliphatic rings. The van der Waals surface area contributed by atoms with Crippen LogP contribution in [0.1, 0.15) is 30.6 Å². The number of methoxy groups -OCH3 is 1. The van der Waals surface area contributed by atoms with Crippen LogP contribution in [-0.4, -0.2) is 12.2 Å². The standard InChI is InChI=1S/C10H12F2O2/c1-6(13)8-4-3-7(10(11)12)5-9(8)14-2/h3-6,10,13H,1-2H3. The number of ether oxygens (including phenoxy) is 1. The van der Waals surface area contributed by atoms with Gasteiger partial charge in [-0.3, -0.25) is 0 Å². The predicted molar refractivity (Wildman–Crippen MR) is 48.6 cm³/mol. The fraction of sp³-hybridized carbons (Fsp3) is 0.400. The van der Waals surface area contributed by atoms with E-state index < -0.39 is 12.5 Å². The van der Waals surface area contributed by atoms with Crippen LogP contribution in [0.4, 0.5) is 8.78 Å². The van der Waals surface area contributed by atoms with E-state index >= 15 is 0 Å². The minimum absolute atomic E-state index is 0.105.